The topological polar surface area (TPSA) is 50.4 Å². The van der Waals surface area contributed by atoms with Crippen LogP contribution >= 0.6 is 0 Å². The fourth-order valence-corrected chi connectivity index (χ4v) is 2.51. The molecule has 2 unspecified atom stereocenters. The number of amides is 1. The fraction of sp³-hybridized carbons (Fsp3) is 0.562. The molecule has 1 aliphatic rings. The molecule has 2 rings (SSSR count). The maximum Gasteiger partial charge on any atom is 0.407 e. The molecule has 1 saturated heterocycles. The van der Waals surface area contributed by atoms with Crippen molar-refractivity contribution in [2.24, 2.45) is 0 Å². The minimum absolute atomic E-state index is 0.0704. The highest BCUT2D eigenvalue weighted by molar-refractivity contribution is 5.68. The second-order valence-electron chi connectivity index (χ2n) is 6.24. The van der Waals surface area contributed by atoms with E-state index >= 15 is 0 Å². The summed E-state index contributed by atoms with van der Waals surface area (Å²) in [6, 6.07) is 10.5. The van der Waals surface area contributed by atoms with Gasteiger partial charge in [-0.25, -0.2) is 4.79 Å². The predicted octanol–water partition coefficient (Wildman–Crippen LogP) is 3.00. The van der Waals surface area contributed by atoms with Crippen LogP contribution in [-0.4, -0.2) is 24.3 Å². The zero-order chi connectivity index (χ0) is 14.6. The summed E-state index contributed by atoms with van der Waals surface area (Å²) in [6.07, 6.45) is 1.68. The molecule has 4 nitrogen and oxygen atoms in total. The van der Waals surface area contributed by atoms with Crippen molar-refractivity contribution in [2.75, 3.05) is 6.54 Å². The molecular formula is C16H24N2O2. The summed E-state index contributed by atoms with van der Waals surface area (Å²) >= 11 is 0. The van der Waals surface area contributed by atoms with Crippen LogP contribution < -0.4 is 10.6 Å². The third-order valence-corrected chi connectivity index (χ3v) is 3.32. The number of rotatable bonds is 2. The summed E-state index contributed by atoms with van der Waals surface area (Å²) in [5.74, 6) is 0. The molecule has 1 aliphatic heterocycles. The number of carbonyl (C=O) groups excluding carboxylic acids is 1. The molecule has 0 spiro atoms. The molecule has 1 amide bonds. The fourth-order valence-electron chi connectivity index (χ4n) is 2.51. The highest BCUT2D eigenvalue weighted by atomic mass is 16.6. The van der Waals surface area contributed by atoms with Gasteiger partial charge in [-0.1, -0.05) is 30.3 Å². The first-order valence-corrected chi connectivity index (χ1v) is 7.23. The van der Waals surface area contributed by atoms with Crippen molar-refractivity contribution in [3.05, 3.63) is 35.9 Å². The van der Waals surface area contributed by atoms with Gasteiger partial charge in [-0.3, -0.25) is 0 Å². The first-order valence-electron chi connectivity index (χ1n) is 7.23. The van der Waals surface area contributed by atoms with Gasteiger partial charge in [0.1, 0.15) is 5.60 Å². The Hall–Kier alpha value is -1.55. The molecule has 1 aromatic rings. The Kier molecular flexibility index (Phi) is 4.65. The number of ether oxygens (including phenoxy) is 1. The number of benzene rings is 1. The number of piperidine rings is 1. The standard InChI is InChI=1S/C16H24N2O2/c1-16(2,3)20-15(19)18-13-10-7-11-17-14(13)12-8-5-4-6-9-12/h4-6,8-9,13-14,17H,7,10-11H2,1-3H3,(H,18,19). The lowest BCUT2D eigenvalue weighted by molar-refractivity contribution is 0.0481. The van der Waals surface area contributed by atoms with Crippen LogP contribution in [-0.2, 0) is 4.74 Å². The van der Waals surface area contributed by atoms with E-state index in [1.165, 1.54) is 5.56 Å². The molecule has 2 N–H and O–H groups in total. The van der Waals surface area contributed by atoms with E-state index in [9.17, 15) is 4.79 Å². The Balaban J connectivity index is 2.03. The van der Waals surface area contributed by atoms with E-state index in [2.05, 4.69) is 22.8 Å². The highest BCUT2D eigenvalue weighted by Crippen LogP contribution is 2.23. The smallest absolute Gasteiger partial charge is 0.407 e. The van der Waals surface area contributed by atoms with Gasteiger partial charge in [0.05, 0.1) is 12.1 Å². The molecule has 2 atom stereocenters. The summed E-state index contributed by atoms with van der Waals surface area (Å²) in [4.78, 5) is 11.9. The van der Waals surface area contributed by atoms with Crippen LogP contribution in [0.3, 0.4) is 0 Å². The quantitative estimate of drug-likeness (QED) is 0.873. The van der Waals surface area contributed by atoms with Crippen molar-refractivity contribution in [1.29, 1.82) is 0 Å². The number of hydrogen-bond donors (Lipinski definition) is 2. The Morgan fingerprint density at radius 3 is 2.65 bits per heavy atom. The van der Waals surface area contributed by atoms with Crippen molar-refractivity contribution in [2.45, 2.75) is 51.3 Å². The van der Waals surface area contributed by atoms with Gasteiger partial charge >= 0.3 is 6.09 Å². The van der Waals surface area contributed by atoms with Crippen LogP contribution in [0.1, 0.15) is 45.2 Å². The summed E-state index contributed by atoms with van der Waals surface area (Å²) in [7, 11) is 0. The minimum atomic E-state index is -0.464. The first kappa shape index (κ1) is 14.9. The van der Waals surface area contributed by atoms with Gasteiger partial charge < -0.3 is 15.4 Å². The van der Waals surface area contributed by atoms with Gasteiger partial charge in [0, 0.05) is 0 Å². The highest BCUT2D eigenvalue weighted by Gasteiger charge is 2.28. The molecule has 0 bridgehead atoms. The monoisotopic (exact) mass is 276 g/mol. The van der Waals surface area contributed by atoms with Crippen molar-refractivity contribution in [3.8, 4) is 0 Å². The van der Waals surface area contributed by atoms with Crippen LogP contribution in [0.25, 0.3) is 0 Å². The maximum absolute atomic E-state index is 11.9. The lowest BCUT2D eigenvalue weighted by Gasteiger charge is -2.34. The van der Waals surface area contributed by atoms with E-state index in [-0.39, 0.29) is 18.2 Å². The molecule has 0 radical (unpaired) electrons. The molecule has 110 valence electrons. The summed E-state index contributed by atoms with van der Waals surface area (Å²) in [5, 5.41) is 6.48. The van der Waals surface area contributed by atoms with Crippen molar-refractivity contribution < 1.29 is 9.53 Å². The summed E-state index contributed by atoms with van der Waals surface area (Å²) < 4.78 is 5.35. The van der Waals surface area contributed by atoms with Gasteiger partial charge in [0.15, 0.2) is 0 Å². The minimum Gasteiger partial charge on any atom is -0.444 e. The molecule has 0 saturated carbocycles. The second kappa shape index (κ2) is 6.27. The lowest BCUT2D eigenvalue weighted by atomic mass is 9.92. The Morgan fingerprint density at radius 1 is 1.30 bits per heavy atom. The Morgan fingerprint density at radius 2 is 2.00 bits per heavy atom. The number of carbonyl (C=O) groups is 1. The van der Waals surface area contributed by atoms with Gasteiger partial charge in [-0.15, -0.1) is 0 Å². The normalized spacial score (nSPS) is 23.1. The van der Waals surface area contributed by atoms with E-state index in [1.54, 1.807) is 0 Å². The van der Waals surface area contributed by atoms with Gasteiger partial charge in [0.25, 0.3) is 0 Å². The van der Waals surface area contributed by atoms with E-state index in [0.29, 0.717) is 0 Å². The largest absolute Gasteiger partial charge is 0.444 e. The Bertz CT molecular complexity index is 440. The lowest BCUT2D eigenvalue weighted by Crippen LogP contribution is -2.49. The van der Waals surface area contributed by atoms with E-state index in [0.717, 1.165) is 19.4 Å². The summed E-state index contributed by atoms with van der Waals surface area (Å²) in [6.45, 7) is 6.60. The second-order valence-corrected chi connectivity index (χ2v) is 6.24. The van der Waals surface area contributed by atoms with Crippen molar-refractivity contribution in [3.63, 3.8) is 0 Å². The zero-order valence-electron chi connectivity index (χ0n) is 12.5. The molecular weight excluding hydrogens is 252 g/mol. The molecule has 1 heterocycles. The predicted molar refractivity (Wildman–Crippen MR) is 79.6 cm³/mol. The Labute approximate surface area is 120 Å². The summed E-state index contributed by atoms with van der Waals surface area (Å²) in [5.41, 5.74) is 0.738. The number of hydrogen-bond acceptors (Lipinski definition) is 3. The first-order chi connectivity index (χ1) is 9.46. The van der Waals surface area contributed by atoms with Gasteiger partial charge in [-0.2, -0.15) is 0 Å². The van der Waals surface area contributed by atoms with Crippen LogP contribution in [0.15, 0.2) is 30.3 Å². The third-order valence-electron chi connectivity index (χ3n) is 3.32. The number of nitrogens with one attached hydrogen (secondary N) is 2. The molecule has 1 aromatic carbocycles. The zero-order valence-corrected chi connectivity index (χ0v) is 12.5. The molecule has 0 aliphatic carbocycles. The van der Waals surface area contributed by atoms with Crippen molar-refractivity contribution in [1.82, 2.24) is 10.6 Å². The van der Waals surface area contributed by atoms with E-state index < -0.39 is 5.60 Å². The average molecular weight is 276 g/mol. The van der Waals surface area contributed by atoms with Gasteiger partial charge in [0.2, 0.25) is 0 Å². The molecule has 20 heavy (non-hydrogen) atoms. The average Bonchev–Trinajstić information content (AvgIpc) is 2.38. The molecule has 4 heteroatoms. The van der Waals surface area contributed by atoms with Crippen LogP contribution in [0, 0.1) is 0 Å². The third kappa shape index (κ3) is 4.23. The van der Waals surface area contributed by atoms with Crippen LogP contribution in [0.2, 0.25) is 0 Å². The maximum atomic E-state index is 11.9. The number of alkyl carbamates (subject to hydrolysis) is 1. The SMILES string of the molecule is CC(C)(C)OC(=O)NC1CCCNC1c1ccccc1. The van der Waals surface area contributed by atoms with Crippen LogP contribution in [0.5, 0.6) is 0 Å². The van der Waals surface area contributed by atoms with Gasteiger partial charge in [-0.05, 0) is 45.7 Å². The molecule has 0 aromatic heterocycles. The molecule has 1 fully saturated rings. The van der Waals surface area contributed by atoms with Crippen LogP contribution in [0.4, 0.5) is 4.79 Å². The van der Waals surface area contributed by atoms with E-state index in [4.69, 9.17) is 4.74 Å². The van der Waals surface area contributed by atoms with E-state index in [1.807, 2.05) is 39.0 Å². The van der Waals surface area contributed by atoms with Crippen molar-refractivity contribution >= 4 is 6.09 Å².